The Morgan fingerprint density at radius 1 is 1.44 bits per heavy atom. The maximum absolute atomic E-state index is 8.44. The van der Waals surface area contributed by atoms with Crippen molar-refractivity contribution in [3.05, 3.63) is 44.9 Å². The fourth-order valence-electron chi connectivity index (χ4n) is 2.35. The van der Waals surface area contributed by atoms with E-state index in [1.54, 1.807) is 0 Å². The van der Waals surface area contributed by atoms with Gasteiger partial charge in [-0.1, -0.05) is 21.0 Å². The van der Waals surface area contributed by atoms with E-state index in [9.17, 15) is 0 Å². The van der Waals surface area contributed by atoms with Gasteiger partial charge in [0.2, 0.25) is 0 Å². The first-order valence-corrected chi connectivity index (χ1v) is 5.89. The van der Waals surface area contributed by atoms with Crippen molar-refractivity contribution in [3.63, 3.8) is 0 Å². The second kappa shape index (κ2) is 3.54. The Kier molecular flexibility index (Phi) is 2.16. The molecule has 5 heteroatoms. The van der Waals surface area contributed by atoms with Gasteiger partial charge in [0.05, 0.1) is 6.04 Å². The average molecular weight is 277 g/mol. The number of fused-ring (bicyclic) bond motifs is 3. The summed E-state index contributed by atoms with van der Waals surface area (Å²) in [6, 6.07) is 8.50. The second-order valence-corrected chi connectivity index (χ2v) is 4.93. The molecule has 0 radical (unpaired) electrons. The van der Waals surface area contributed by atoms with E-state index in [1.165, 1.54) is 16.6 Å². The summed E-state index contributed by atoms with van der Waals surface area (Å²) in [4.78, 5) is 2.88. The number of halogens is 1. The maximum Gasteiger partial charge on any atom is 0.0608 e. The molecule has 4 nitrogen and oxygen atoms in total. The zero-order valence-electron chi connectivity index (χ0n) is 8.47. The van der Waals surface area contributed by atoms with Crippen molar-refractivity contribution in [1.29, 1.82) is 0 Å². The Labute approximate surface area is 101 Å². The predicted molar refractivity (Wildman–Crippen MR) is 66.3 cm³/mol. The molecular weight excluding hydrogens is 268 g/mol. The predicted octanol–water partition coefficient (Wildman–Crippen LogP) is 3.64. The van der Waals surface area contributed by atoms with Gasteiger partial charge in [-0.05, 0) is 36.2 Å². The molecule has 3 rings (SSSR count). The highest BCUT2D eigenvalue weighted by Gasteiger charge is 2.22. The summed E-state index contributed by atoms with van der Waals surface area (Å²) in [5, 5.41) is 5.02. The van der Waals surface area contributed by atoms with Gasteiger partial charge in [-0.25, -0.2) is 0 Å². The van der Waals surface area contributed by atoms with Gasteiger partial charge < -0.3 is 4.57 Å². The molecule has 1 atom stereocenters. The first-order valence-electron chi connectivity index (χ1n) is 5.10. The molecule has 2 aromatic rings. The van der Waals surface area contributed by atoms with Crippen LogP contribution in [0.5, 0.6) is 0 Å². The van der Waals surface area contributed by atoms with Crippen molar-refractivity contribution < 1.29 is 0 Å². The van der Waals surface area contributed by atoms with Crippen LogP contribution in [-0.4, -0.2) is 10.6 Å². The molecule has 0 spiro atoms. The highest BCUT2D eigenvalue weighted by Crippen LogP contribution is 2.29. The molecule has 1 aliphatic rings. The summed E-state index contributed by atoms with van der Waals surface area (Å²) >= 11 is 3.47. The molecular formula is C11H9BrN4. The van der Waals surface area contributed by atoms with Gasteiger partial charge in [-0.3, -0.25) is 0 Å². The van der Waals surface area contributed by atoms with Crippen LogP contribution in [0.2, 0.25) is 0 Å². The summed E-state index contributed by atoms with van der Waals surface area (Å²) in [6.07, 6.45) is 0.844. The summed E-state index contributed by atoms with van der Waals surface area (Å²) in [5.74, 6) is 0. The lowest BCUT2D eigenvalue weighted by molar-refractivity contribution is 0.648. The van der Waals surface area contributed by atoms with Gasteiger partial charge in [0, 0.05) is 32.5 Å². The van der Waals surface area contributed by atoms with Gasteiger partial charge in [-0.2, -0.15) is 0 Å². The van der Waals surface area contributed by atoms with Crippen molar-refractivity contribution in [1.82, 2.24) is 4.57 Å². The Morgan fingerprint density at radius 3 is 3.12 bits per heavy atom. The molecule has 1 aromatic carbocycles. The Bertz CT molecular complexity index is 610. The number of hydrogen-bond donors (Lipinski definition) is 0. The monoisotopic (exact) mass is 276 g/mol. The van der Waals surface area contributed by atoms with Crippen LogP contribution in [-0.2, 0) is 13.0 Å². The van der Waals surface area contributed by atoms with Gasteiger partial charge in [-0.15, -0.1) is 0 Å². The lowest BCUT2D eigenvalue weighted by Crippen LogP contribution is -2.04. The minimum absolute atomic E-state index is 0.0769. The quantitative estimate of drug-likeness (QED) is 0.434. The van der Waals surface area contributed by atoms with E-state index in [0.717, 1.165) is 17.4 Å². The van der Waals surface area contributed by atoms with Crippen molar-refractivity contribution in [3.8, 4) is 0 Å². The first-order chi connectivity index (χ1) is 7.78. The fourth-order valence-corrected chi connectivity index (χ4v) is 2.73. The molecule has 0 aliphatic carbocycles. The van der Waals surface area contributed by atoms with Gasteiger partial charge in [0.25, 0.3) is 0 Å². The van der Waals surface area contributed by atoms with Crippen LogP contribution < -0.4 is 0 Å². The van der Waals surface area contributed by atoms with Crippen molar-refractivity contribution in [2.24, 2.45) is 5.11 Å². The standard InChI is InChI=1S/C11H9BrN4/c12-8-1-2-11-7(3-8)4-10-5-9(14-15-13)6-16(10)11/h1-4,9H,5-6H2. The Morgan fingerprint density at radius 2 is 2.31 bits per heavy atom. The molecule has 80 valence electrons. The second-order valence-electron chi connectivity index (χ2n) is 4.01. The highest BCUT2D eigenvalue weighted by molar-refractivity contribution is 9.10. The van der Waals surface area contributed by atoms with Crippen LogP contribution in [0.1, 0.15) is 5.69 Å². The van der Waals surface area contributed by atoms with Crippen LogP contribution in [0.3, 0.4) is 0 Å². The molecule has 0 saturated carbocycles. The molecule has 16 heavy (non-hydrogen) atoms. The number of rotatable bonds is 1. The van der Waals surface area contributed by atoms with E-state index in [4.69, 9.17) is 5.53 Å². The number of hydrogen-bond acceptors (Lipinski definition) is 1. The van der Waals surface area contributed by atoms with Crippen molar-refractivity contribution in [2.75, 3.05) is 0 Å². The third-order valence-electron chi connectivity index (χ3n) is 3.00. The first kappa shape index (κ1) is 9.75. The van der Waals surface area contributed by atoms with Crippen LogP contribution in [0, 0.1) is 0 Å². The number of azide groups is 1. The zero-order valence-corrected chi connectivity index (χ0v) is 10.1. The Hall–Kier alpha value is -1.45. The van der Waals surface area contributed by atoms with Crippen molar-refractivity contribution in [2.45, 2.75) is 19.0 Å². The summed E-state index contributed by atoms with van der Waals surface area (Å²) in [7, 11) is 0. The van der Waals surface area contributed by atoms with Gasteiger partial charge in [0.15, 0.2) is 0 Å². The van der Waals surface area contributed by atoms with Gasteiger partial charge >= 0.3 is 0 Å². The third kappa shape index (κ3) is 1.40. The molecule has 0 saturated heterocycles. The van der Waals surface area contributed by atoms with E-state index < -0.39 is 0 Å². The summed E-state index contributed by atoms with van der Waals surface area (Å²) in [6.45, 7) is 0.796. The van der Waals surface area contributed by atoms with Crippen LogP contribution in [0.15, 0.2) is 33.9 Å². The zero-order chi connectivity index (χ0) is 11.1. The minimum Gasteiger partial charge on any atom is -0.344 e. The molecule has 0 amide bonds. The average Bonchev–Trinajstić information content (AvgIpc) is 2.74. The topological polar surface area (TPSA) is 53.7 Å². The van der Waals surface area contributed by atoms with Crippen LogP contribution in [0.25, 0.3) is 21.3 Å². The molecule has 2 heterocycles. The fraction of sp³-hybridized carbons (Fsp3) is 0.273. The van der Waals surface area contributed by atoms with E-state index >= 15 is 0 Å². The molecule has 0 fully saturated rings. The number of nitrogens with zero attached hydrogens (tertiary/aromatic N) is 4. The van der Waals surface area contributed by atoms with E-state index in [-0.39, 0.29) is 6.04 Å². The maximum atomic E-state index is 8.44. The van der Waals surface area contributed by atoms with E-state index in [2.05, 4.69) is 48.7 Å². The molecule has 1 aliphatic heterocycles. The number of aromatic nitrogens is 1. The molecule has 0 N–H and O–H groups in total. The lowest BCUT2D eigenvalue weighted by atomic mass is 10.2. The smallest absolute Gasteiger partial charge is 0.0608 e. The largest absolute Gasteiger partial charge is 0.344 e. The minimum atomic E-state index is 0.0769. The highest BCUT2D eigenvalue weighted by atomic mass is 79.9. The molecule has 1 unspecified atom stereocenters. The molecule has 0 bridgehead atoms. The summed E-state index contributed by atoms with van der Waals surface area (Å²) < 4.78 is 3.33. The normalized spacial score (nSPS) is 18.4. The number of benzene rings is 1. The lowest BCUT2D eigenvalue weighted by Gasteiger charge is -2.02. The van der Waals surface area contributed by atoms with E-state index in [0.29, 0.717) is 0 Å². The summed E-state index contributed by atoms with van der Waals surface area (Å²) in [5.41, 5.74) is 10.9. The van der Waals surface area contributed by atoms with Crippen molar-refractivity contribution >= 4 is 26.8 Å². The Balaban J connectivity index is 2.11. The third-order valence-corrected chi connectivity index (χ3v) is 3.50. The van der Waals surface area contributed by atoms with Crippen LogP contribution >= 0.6 is 15.9 Å². The van der Waals surface area contributed by atoms with Crippen LogP contribution in [0.4, 0.5) is 0 Å². The SMILES string of the molecule is [N-]=[N+]=NC1Cc2cc3cc(Br)ccc3n2C1. The van der Waals surface area contributed by atoms with Gasteiger partial charge in [0.1, 0.15) is 0 Å². The molecule has 1 aromatic heterocycles. The van der Waals surface area contributed by atoms with E-state index in [1.807, 2.05) is 6.07 Å².